The van der Waals surface area contributed by atoms with E-state index in [1.54, 1.807) is 49.1 Å². The van der Waals surface area contributed by atoms with E-state index in [-0.39, 0.29) is 18.4 Å². The normalized spacial score (nSPS) is 11.3. The zero-order valence-corrected chi connectivity index (χ0v) is 20.2. The molecule has 3 N–H and O–H groups in total. The largest absolute Gasteiger partial charge is 0.479 e. The van der Waals surface area contributed by atoms with Gasteiger partial charge in [-0.15, -0.1) is 11.3 Å². The zero-order chi connectivity index (χ0) is 25.2. The van der Waals surface area contributed by atoms with Gasteiger partial charge in [-0.05, 0) is 32.0 Å². The lowest BCUT2D eigenvalue weighted by molar-refractivity contribution is -0.146. The fourth-order valence-corrected chi connectivity index (χ4v) is 3.99. The molecule has 2 amide bonds. The van der Waals surface area contributed by atoms with Crippen molar-refractivity contribution < 1.29 is 19.5 Å². The van der Waals surface area contributed by atoms with Crippen molar-refractivity contribution in [2.24, 2.45) is 7.05 Å². The number of amides is 2. The molecular weight excluding hydrogens is 468 g/mol. The molecule has 0 spiro atoms. The summed E-state index contributed by atoms with van der Waals surface area (Å²) >= 11 is 1.27. The Morgan fingerprint density at radius 1 is 1.09 bits per heavy atom. The fourth-order valence-electron chi connectivity index (χ4n) is 3.25. The number of aliphatic carboxylic acids is 1. The van der Waals surface area contributed by atoms with Crippen LogP contribution in [0.1, 0.15) is 24.2 Å². The number of thiazole rings is 1. The van der Waals surface area contributed by atoms with Gasteiger partial charge < -0.3 is 20.3 Å². The van der Waals surface area contributed by atoms with Crippen molar-refractivity contribution in [3.05, 3.63) is 65.9 Å². The number of aryl methyl sites for hydroxylation is 1. The molecule has 0 fully saturated rings. The predicted molar refractivity (Wildman–Crippen MR) is 132 cm³/mol. The molecule has 0 aliphatic rings. The number of nitrogens with zero attached hydrogens (tertiary/aromatic N) is 4. The van der Waals surface area contributed by atoms with Crippen molar-refractivity contribution in [2.75, 3.05) is 11.9 Å². The van der Waals surface area contributed by atoms with E-state index in [9.17, 15) is 19.5 Å². The number of hydrogen-bond acceptors (Lipinski definition) is 6. The molecule has 0 aliphatic heterocycles. The molecule has 0 bridgehead atoms. The highest BCUT2D eigenvalue weighted by Crippen LogP contribution is 2.29. The molecular formula is C24H24N6O4S. The lowest BCUT2D eigenvalue weighted by atomic mass is 10.1. The maximum absolute atomic E-state index is 12.3. The first kappa shape index (κ1) is 23.9. The average Bonchev–Trinajstić information content (AvgIpc) is 3.58. The highest BCUT2D eigenvalue weighted by Gasteiger charge is 2.30. The van der Waals surface area contributed by atoms with Gasteiger partial charge in [-0.3, -0.25) is 14.3 Å². The highest BCUT2D eigenvalue weighted by atomic mass is 32.1. The first-order chi connectivity index (χ1) is 16.6. The summed E-state index contributed by atoms with van der Waals surface area (Å²) in [6.07, 6.45) is 5.07. The monoisotopic (exact) mass is 492 g/mol. The predicted octanol–water partition coefficient (Wildman–Crippen LogP) is 3.20. The van der Waals surface area contributed by atoms with Crippen molar-refractivity contribution in [2.45, 2.75) is 19.4 Å². The first-order valence-corrected chi connectivity index (χ1v) is 11.6. The summed E-state index contributed by atoms with van der Waals surface area (Å²) in [6.45, 7) is 2.99. The lowest BCUT2D eigenvalue weighted by Crippen LogP contribution is -2.36. The fraction of sp³-hybridized carbons (Fsp3) is 0.208. The van der Waals surface area contributed by atoms with Crippen LogP contribution < -0.4 is 10.6 Å². The number of carbonyl (C=O) groups excluding carboxylic acids is 2. The van der Waals surface area contributed by atoms with Gasteiger partial charge in [0.2, 0.25) is 5.91 Å². The van der Waals surface area contributed by atoms with Gasteiger partial charge in [0, 0.05) is 42.1 Å². The Labute approximate surface area is 205 Å². The van der Waals surface area contributed by atoms with Gasteiger partial charge >= 0.3 is 5.97 Å². The Balaban J connectivity index is 1.41. The molecule has 0 saturated heterocycles. The summed E-state index contributed by atoms with van der Waals surface area (Å²) in [5, 5.41) is 21.4. The molecule has 0 aliphatic carbocycles. The van der Waals surface area contributed by atoms with E-state index < -0.39 is 11.5 Å². The molecule has 0 saturated carbocycles. The minimum absolute atomic E-state index is 0.173. The first-order valence-electron chi connectivity index (χ1n) is 10.7. The Bertz CT molecular complexity index is 1400. The summed E-state index contributed by atoms with van der Waals surface area (Å²) in [5.74, 6) is -1.68. The van der Waals surface area contributed by atoms with Crippen LogP contribution in [0.2, 0.25) is 0 Å². The molecule has 3 aromatic heterocycles. The summed E-state index contributed by atoms with van der Waals surface area (Å²) in [4.78, 5) is 40.3. The van der Waals surface area contributed by atoms with Crippen LogP contribution in [0.15, 0.2) is 60.4 Å². The van der Waals surface area contributed by atoms with E-state index in [2.05, 4.69) is 20.7 Å². The van der Waals surface area contributed by atoms with E-state index in [0.717, 1.165) is 11.1 Å². The number of aromatic nitrogens is 4. The number of carboxylic acids is 1. The van der Waals surface area contributed by atoms with Crippen LogP contribution in [0.5, 0.6) is 0 Å². The van der Waals surface area contributed by atoms with Crippen molar-refractivity contribution in [1.29, 1.82) is 0 Å². The highest BCUT2D eigenvalue weighted by molar-refractivity contribution is 7.14. The van der Waals surface area contributed by atoms with Gasteiger partial charge in [0.25, 0.3) is 5.91 Å². The molecule has 10 nitrogen and oxygen atoms in total. The maximum Gasteiger partial charge on any atom is 0.331 e. The second-order valence-corrected chi connectivity index (χ2v) is 9.28. The summed E-state index contributed by atoms with van der Waals surface area (Å²) < 4.78 is 3.17. The number of anilines is 1. The molecule has 0 radical (unpaired) electrons. The van der Waals surface area contributed by atoms with Crippen LogP contribution in [-0.2, 0) is 22.2 Å². The molecule has 35 heavy (non-hydrogen) atoms. The Kier molecular flexibility index (Phi) is 6.52. The van der Waals surface area contributed by atoms with Crippen LogP contribution in [0.25, 0.3) is 22.5 Å². The SMILES string of the molecule is Cn1ccc(C(=O)NCC(=O)Nc2nc(-c3cccc(-c4ccn(C(C)(C)C(=O)O)n4)c3)cs2)c1. The third kappa shape index (κ3) is 5.30. The topological polar surface area (TPSA) is 131 Å². The number of benzene rings is 1. The Morgan fingerprint density at radius 3 is 2.51 bits per heavy atom. The van der Waals surface area contributed by atoms with Crippen molar-refractivity contribution in [3.63, 3.8) is 0 Å². The van der Waals surface area contributed by atoms with Crippen LogP contribution in [0.4, 0.5) is 5.13 Å². The maximum atomic E-state index is 12.3. The molecule has 4 aromatic rings. The standard InChI is InChI=1S/C24H24N6O4S/c1-24(2,22(33)34)30-10-8-18(28-30)15-5-4-6-16(11-15)19-14-35-23(26-19)27-20(31)12-25-21(32)17-7-9-29(3)13-17/h4-11,13-14H,12H2,1-3H3,(H,25,32)(H,33,34)(H,26,27,31). The Morgan fingerprint density at radius 2 is 1.83 bits per heavy atom. The summed E-state index contributed by atoms with van der Waals surface area (Å²) in [5.41, 5.74) is 2.25. The van der Waals surface area contributed by atoms with E-state index in [0.29, 0.717) is 22.1 Å². The van der Waals surface area contributed by atoms with Crippen molar-refractivity contribution in [1.82, 2.24) is 24.6 Å². The van der Waals surface area contributed by atoms with Gasteiger partial charge in [-0.1, -0.05) is 18.2 Å². The van der Waals surface area contributed by atoms with Crippen molar-refractivity contribution >= 4 is 34.3 Å². The van der Waals surface area contributed by atoms with Gasteiger partial charge in [-0.25, -0.2) is 9.78 Å². The molecule has 0 atom stereocenters. The molecule has 180 valence electrons. The van der Waals surface area contributed by atoms with Crippen LogP contribution in [0.3, 0.4) is 0 Å². The molecule has 4 rings (SSSR count). The summed E-state index contributed by atoms with van der Waals surface area (Å²) in [7, 11) is 1.81. The van der Waals surface area contributed by atoms with Crippen molar-refractivity contribution in [3.8, 4) is 22.5 Å². The van der Waals surface area contributed by atoms with E-state index in [4.69, 9.17) is 0 Å². The number of hydrogen-bond donors (Lipinski definition) is 3. The third-order valence-electron chi connectivity index (χ3n) is 5.39. The number of rotatable bonds is 8. The smallest absolute Gasteiger partial charge is 0.331 e. The second-order valence-electron chi connectivity index (χ2n) is 8.42. The number of nitrogens with one attached hydrogen (secondary N) is 2. The minimum atomic E-state index is -1.17. The second kappa shape index (κ2) is 9.55. The zero-order valence-electron chi connectivity index (χ0n) is 19.3. The number of carbonyl (C=O) groups is 3. The molecule has 1 aromatic carbocycles. The summed E-state index contributed by atoms with van der Waals surface area (Å²) in [6, 6.07) is 11.0. The van der Waals surface area contributed by atoms with Crippen LogP contribution >= 0.6 is 11.3 Å². The van der Waals surface area contributed by atoms with E-state index >= 15 is 0 Å². The molecule has 11 heteroatoms. The van der Waals surface area contributed by atoms with Crippen LogP contribution in [0, 0.1) is 0 Å². The van der Waals surface area contributed by atoms with Gasteiger partial charge in [0.15, 0.2) is 10.7 Å². The molecule has 3 heterocycles. The van der Waals surface area contributed by atoms with E-state index in [1.807, 2.05) is 36.7 Å². The quantitative estimate of drug-likeness (QED) is 0.346. The van der Waals surface area contributed by atoms with Gasteiger partial charge in [-0.2, -0.15) is 5.10 Å². The van der Waals surface area contributed by atoms with Gasteiger partial charge in [0.1, 0.15) is 0 Å². The lowest BCUT2D eigenvalue weighted by Gasteiger charge is -2.19. The third-order valence-corrected chi connectivity index (χ3v) is 6.15. The minimum Gasteiger partial charge on any atom is -0.479 e. The average molecular weight is 493 g/mol. The van der Waals surface area contributed by atoms with Gasteiger partial charge in [0.05, 0.1) is 23.5 Å². The van der Waals surface area contributed by atoms with Crippen LogP contribution in [-0.4, -0.2) is 48.8 Å². The Hall–Kier alpha value is -4.25. The van der Waals surface area contributed by atoms with E-state index in [1.165, 1.54) is 16.0 Å². The number of carboxylic acid groups (broad SMARTS) is 1. The molecule has 0 unspecified atom stereocenters.